The maximum atomic E-state index is 12.5. The number of hydrogen-bond acceptors (Lipinski definition) is 6. The van der Waals surface area contributed by atoms with Gasteiger partial charge in [0.25, 0.3) is 0 Å². The van der Waals surface area contributed by atoms with Crippen LogP contribution >= 0.6 is 11.3 Å². The van der Waals surface area contributed by atoms with Crippen molar-refractivity contribution in [2.24, 2.45) is 0 Å². The zero-order valence-corrected chi connectivity index (χ0v) is 15.4. The highest BCUT2D eigenvalue weighted by molar-refractivity contribution is 7.18. The van der Waals surface area contributed by atoms with E-state index >= 15 is 0 Å². The van der Waals surface area contributed by atoms with E-state index in [1.165, 1.54) is 4.70 Å². The van der Waals surface area contributed by atoms with Gasteiger partial charge in [0.15, 0.2) is 0 Å². The van der Waals surface area contributed by atoms with E-state index in [9.17, 15) is 4.79 Å². The quantitative estimate of drug-likeness (QED) is 0.694. The zero-order valence-electron chi connectivity index (χ0n) is 14.5. The number of rotatable bonds is 5. The van der Waals surface area contributed by atoms with Gasteiger partial charge in [-0.15, -0.1) is 11.3 Å². The number of para-hydroxylation sites is 1. The number of carbonyl (C=O) groups is 1. The molecule has 0 saturated carbocycles. The summed E-state index contributed by atoms with van der Waals surface area (Å²) in [5.74, 6) is 0.982. The molecule has 1 saturated heterocycles. The standard InChI is InChI=1S/C19H21N5OS/c25-18(8-3-7-17-22-15-5-1-2-6-16(15)26-17)23-11-13-24(14-12-23)19-20-9-4-10-21-19/h1-2,4-6,9-10H,3,7-8,11-14H2. The molecule has 1 aromatic carbocycles. The highest BCUT2D eigenvalue weighted by atomic mass is 32.1. The van der Waals surface area contributed by atoms with Crippen LogP contribution in [0, 0.1) is 0 Å². The first-order valence-electron chi connectivity index (χ1n) is 8.94. The van der Waals surface area contributed by atoms with Gasteiger partial charge in [0, 0.05) is 45.0 Å². The molecule has 6 nitrogen and oxygen atoms in total. The summed E-state index contributed by atoms with van der Waals surface area (Å²) >= 11 is 1.73. The summed E-state index contributed by atoms with van der Waals surface area (Å²) in [7, 11) is 0. The second kappa shape index (κ2) is 7.78. The summed E-state index contributed by atoms with van der Waals surface area (Å²) in [6.07, 6.45) is 5.80. The van der Waals surface area contributed by atoms with Gasteiger partial charge in [0.05, 0.1) is 15.2 Å². The molecule has 3 aromatic rings. The second-order valence-electron chi connectivity index (χ2n) is 6.35. The Hall–Kier alpha value is -2.54. The number of hydrogen-bond donors (Lipinski definition) is 0. The molecule has 4 rings (SSSR count). The van der Waals surface area contributed by atoms with E-state index in [-0.39, 0.29) is 5.91 Å². The van der Waals surface area contributed by atoms with Crippen LogP contribution < -0.4 is 4.90 Å². The molecule has 1 fully saturated rings. The van der Waals surface area contributed by atoms with E-state index in [0.717, 1.165) is 55.5 Å². The van der Waals surface area contributed by atoms with Gasteiger partial charge in [-0.1, -0.05) is 12.1 Å². The molecule has 0 aliphatic carbocycles. The van der Waals surface area contributed by atoms with Gasteiger partial charge >= 0.3 is 0 Å². The largest absolute Gasteiger partial charge is 0.339 e. The lowest BCUT2D eigenvalue weighted by Gasteiger charge is -2.34. The lowest BCUT2D eigenvalue weighted by Crippen LogP contribution is -2.49. The second-order valence-corrected chi connectivity index (χ2v) is 7.46. The molecule has 7 heteroatoms. The Balaban J connectivity index is 1.24. The highest BCUT2D eigenvalue weighted by Crippen LogP contribution is 2.23. The smallest absolute Gasteiger partial charge is 0.225 e. The van der Waals surface area contributed by atoms with E-state index in [2.05, 4.69) is 25.9 Å². The highest BCUT2D eigenvalue weighted by Gasteiger charge is 2.22. The predicted octanol–water partition coefficient (Wildman–Crippen LogP) is 2.76. The summed E-state index contributed by atoms with van der Waals surface area (Å²) < 4.78 is 1.22. The van der Waals surface area contributed by atoms with Crippen molar-refractivity contribution in [3.05, 3.63) is 47.7 Å². The maximum absolute atomic E-state index is 12.5. The van der Waals surface area contributed by atoms with Crippen LogP contribution in [0.4, 0.5) is 5.95 Å². The monoisotopic (exact) mass is 367 g/mol. The lowest BCUT2D eigenvalue weighted by atomic mass is 10.2. The third kappa shape index (κ3) is 3.83. The van der Waals surface area contributed by atoms with Gasteiger partial charge in [-0.05, 0) is 31.0 Å². The fraction of sp³-hybridized carbons (Fsp3) is 0.368. The Bertz CT molecular complexity index is 841. The van der Waals surface area contributed by atoms with Crippen LogP contribution in [-0.2, 0) is 11.2 Å². The van der Waals surface area contributed by atoms with Crippen molar-refractivity contribution in [1.82, 2.24) is 19.9 Å². The topological polar surface area (TPSA) is 62.2 Å². The third-order valence-corrected chi connectivity index (χ3v) is 5.68. The van der Waals surface area contributed by atoms with E-state index in [4.69, 9.17) is 0 Å². The minimum atomic E-state index is 0.236. The summed E-state index contributed by atoms with van der Waals surface area (Å²) in [4.78, 5) is 29.7. The lowest BCUT2D eigenvalue weighted by molar-refractivity contribution is -0.131. The van der Waals surface area contributed by atoms with Crippen LogP contribution in [0.3, 0.4) is 0 Å². The Morgan fingerprint density at radius 3 is 2.58 bits per heavy atom. The number of anilines is 1. The summed E-state index contributed by atoms with van der Waals surface area (Å²) in [6.45, 7) is 3.04. The molecule has 26 heavy (non-hydrogen) atoms. The summed E-state index contributed by atoms with van der Waals surface area (Å²) in [5.41, 5.74) is 1.05. The number of thiazole rings is 1. The van der Waals surface area contributed by atoms with Crippen molar-refractivity contribution in [3.8, 4) is 0 Å². The number of amides is 1. The van der Waals surface area contributed by atoms with Gasteiger partial charge in [0.2, 0.25) is 11.9 Å². The number of nitrogens with zero attached hydrogens (tertiary/aromatic N) is 5. The van der Waals surface area contributed by atoms with E-state index in [1.54, 1.807) is 23.7 Å². The molecule has 3 heterocycles. The normalized spacial score (nSPS) is 14.8. The average molecular weight is 367 g/mol. The van der Waals surface area contributed by atoms with Crippen molar-refractivity contribution in [3.63, 3.8) is 0 Å². The fourth-order valence-electron chi connectivity index (χ4n) is 3.19. The van der Waals surface area contributed by atoms with Crippen molar-refractivity contribution in [2.75, 3.05) is 31.1 Å². The van der Waals surface area contributed by atoms with E-state index in [0.29, 0.717) is 6.42 Å². The van der Waals surface area contributed by atoms with Gasteiger partial charge < -0.3 is 9.80 Å². The first-order chi connectivity index (χ1) is 12.8. The number of aromatic nitrogens is 3. The number of piperazine rings is 1. The van der Waals surface area contributed by atoms with Crippen LogP contribution in [-0.4, -0.2) is 51.9 Å². The first kappa shape index (κ1) is 16.9. The van der Waals surface area contributed by atoms with Crippen LogP contribution in [0.5, 0.6) is 0 Å². The van der Waals surface area contributed by atoms with Crippen LogP contribution in [0.1, 0.15) is 17.8 Å². The van der Waals surface area contributed by atoms with E-state index < -0.39 is 0 Å². The Kier molecular flexibility index (Phi) is 5.06. The van der Waals surface area contributed by atoms with Crippen molar-refractivity contribution in [1.29, 1.82) is 0 Å². The molecule has 0 radical (unpaired) electrons. The summed E-state index contributed by atoms with van der Waals surface area (Å²) in [5, 5.41) is 1.12. The van der Waals surface area contributed by atoms with Gasteiger partial charge in [-0.25, -0.2) is 15.0 Å². The van der Waals surface area contributed by atoms with Crippen LogP contribution in [0.15, 0.2) is 42.7 Å². The molecule has 1 amide bonds. The predicted molar refractivity (Wildman–Crippen MR) is 103 cm³/mol. The Labute approximate surface area is 156 Å². The molecule has 1 aliphatic heterocycles. The van der Waals surface area contributed by atoms with Gasteiger partial charge in [0.1, 0.15) is 0 Å². The molecular formula is C19H21N5OS. The maximum Gasteiger partial charge on any atom is 0.225 e. The minimum Gasteiger partial charge on any atom is -0.339 e. The average Bonchev–Trinajstić information content (AvgIpc) is 3.11. The number of aryl methyl sites for hydroxylation is 1. The van der Waals surface area contributed by atoms with Gasteiger partial charge in [-0.2, -0.15) is 0 Å². The van der Waals surface area contributed by atoms with Gasteiger partial charge in [-0.3, -0.25) is 4.79 Å². The van der Waals surface area contributed by atoms with Crippen molar-refractivity contribution < 1.29 is 4.79 Å². The number of carbonyl (C=O) groups excluding carboxylic acids is 1. The Morgan fingerprint density at radius 2 is 1.81 bits per heavy atom. The van der Waals surface area contributed by atoms with Crippen molar-refractivity contribution in [2.45, 2.75) is 19.3 Å². The SMILES string of the molecule is O=C(CCCc1nc2ccccc2s1)N1CCN(c2ncccn2)CC1. The molecule has 134 valence electrons. The fourth-order valence-corrected chi connectivity index (χ4v) is 4.20. The molecule has 2 aromatic heterocycles. The molecule has 0 N–H and O–H groups in total. The Morgan fingerprint density at radius 1 is 1.04 bits per heavy atom. The molecule has 0 unspecified atom stereocenters. The number of benzene rings is 1. The molecule has 1 aliphatic rings. The first-order valence-corrected chi connectivity index (χ1v) is 9.75. The number of fused-ring (bicyclic) bond motifs is 1. The molecular weight excluding hydrogens is 346 g/mol. The molecule has 0 spiro atoms. The van der Waals surface area contributed by atoms with E-state index in [1.807, 2.05) is 29.2 Å². The molecule has 0 atom stereocenters. The van der Waals surface area contributed by atoms with Crippen LogP contribution in [0.25, 0.3) is 10.2 Å². The van der Waals surface area contributed by atoms with Crippen LogP contribution in [0.2, 0.25) is 0 Å². The minimum absolute atomic E-state index is 0.236. The summed E-state index contributed by atoms with van der Waals surface area (Å²) in [6, 6.07) is 9.99. The molecule has 0 bridgehead atoms. The third-order valence-electron chi connectivity index (χ3n) is 4.59. The van der Waals surface area contributed by atoms with Crippen molar-refractivity contribution >= 4 is 33.4 Å². The zero-order chi connectivity index (χ0) is 17.8.